The maximum absolute atomic E-state index is 12.0. The molecule has 0 aliphatic heterocycles. The van der Waals surface area contributed by atoms with Crippen molar-refractivity contribution in [3.63, 3.8) is 0 Å². The highest BCUT2D eigenvalue weighted by atomic mass is 28.4. The molecule has 2 saturated carbocycles. The number of carbonyl (C=O) groups excluding carboxylic acids is 1. The molecule has 7 heteroatoms. The van der Waals surface area contributed by atoms with Crippen molar-refractivity contribution in [3.8, 4) is 0 Å². The number of rotatable bonds is 10. The molecule has 5 nitrogen and oxygen atoms in total. The van der Waals surface area contributed by atoms with Crippen LogP contribution in [0.3, 0.4) is 0 Å². The number of amides is 1. The molecule has 0 aromatic carbocycles. The van der Waals surface area contributed by atoms with E-state index in [0.29, 0.717) is 25.6 Å². The number of ether oxygens (including phenoxy) is 1. The number of carbonyl (C=O) groups is 1. The van der Waals surface area contributed by atoms with Gasteiger partial charge in [-0.15, -0.1) is 0 Å². The van der Waals surface area contributed by atoms with Gasteiger partial charge < -0.3 is 18.5 Å². The zero-order chi connectivity index (χ0) is 33.3. The second kappa shape index (κ2) is 13.8. The Morgan fingerprint density at radius 1 is 1.05 bits per heavy atom. The molecule has 250 valence electrons. The minimum Gasteiger partial charge on any atom is -0.413 e. The Morgan fingerprint density at radius 3 is 2.25 bits per heavy atom. The van der Waals surface area contributed by atoms with Gasteiger partial charge in [-0.05, 0) is 96.4 Å². The second-order valence-corrected chi connectivity index (χ2v) is 26.7. The van der Waals surface area contributed by atoms with Crippen molar-refractivity contribution in [2.75, 3.05) is 27.3 Å². The molecule has 0 aromatic rings. The van der Waals surface area contributed by atoms with Crippen molar-refractivity contribution in [1.82, 2.24) is 4.90 Å². The summed E-state index contributed by atoms with van der Waals surface area (Å²) in [6.07, 6.45) is 14.2. The van der Waals surface area contributed by atoms with E-state index >= 15 is 0 Å². The van der Waals surface area contributed by atoms with Crippen LogP contribution in [-0.2, 0) is 18.4 Å². The van der Waals surface area contributed by atoms with Crippen LogP contribution in [0.1, 0.15) is 93.4 Å². The Balaban J connectivity index is 1.82. The Kier molecular flexibility index (Phi) is 11.7. The number of hydrogen-bond acceptors (Lipinski definition) is 4. The molecular formula is C37H65NO4Si2. The van der Waals surface area contributed by atoms with Crippen molar-refractivity contribution >= 4 is 22.5 Å². The smallest absolute Gasteiger partial charge is 0.224 e. The van der Waals surface area contributed by atoms with Gasteiger partial charge >= 0.3 is 0 Å². The van der Waals surface area contributed by atoms with E-state index in [1.165, 1.54) is 24.0 Å². The van der Waals surface area contributed by atoms with E-state index in [2.05, 4.69) is 99.5 Å². The lowest BCUT2D eigenvalue weighted by Crippen LogP contribution is -2.49. The molecule has 3 aliphatic rings. The molecule has 2 unspecified atom stereocenters. The SMILES string of the molecule is C=C1C(=CC=C2CCC[C@]3(C)C(COCCC(=O)N(C)C)=CC[C@@H]23)CC(O[Si](C)(C)C(C)(C)C)CC1O[Si](C)(C)C(C)(C)C. The monoisotopic (exact) mass is 643 g/mol. The summed E-state index contributed by atoms with van der Waals surface area (Å²) in [7, 11) is -0.342. The standard InChI is InChI=1S/C37H65NO4Si2/c1-27-29(24-31(41-43(11,12)35(2,3)4)25-33(27)42-44(13,14)36(5,6)7)18-17-28-16-15-22-37(8)30(19-20-32(28)37)26-40-23-21-34(39)38(9)10/h17-19,31-33H,1,15-16,20-26H2,2-14H3/t31?,32-,33?,37+/m0/s1. The molecule has 1 amide bonds. The van der Waals surface area contributed by atoms with Gasteiger partial charge in [0.2, 0.25) is 5.91 Å². The second-order valence-electron chi connectivity index (χ2n) is 17.1. The summed E-state index contributed by atoms with van der Waals surface area (Å²) >= 11 is 0. The first-order valence-electron chi connectivity index (χ1n) is 17.0. The third-order valence-corrected chi connectivity index (χ3v) is 20.7. The third-order valence-electron chi connectivity index (χ3n) is 11.7. The van der Waals surface area contributed by atoms with Gasteiger partial charge in [-0.25, -0.2) is 0 Å². The zero-order valence-electron chi connectivity index (χ0n) is 30.6. The first-order chi connectivity index (χ1) is 20.1. The molecule has 2 fully saturated rings. The topological polar surface area (TPSA) is 48.0 Å². The number of hydrogen-bond donors (Lipinski definition) is 0. The van der Waals surface area contributed by atoms with Crippen LogP contribution < -0.4 is 0 Å². The van der Waals surface area contributed by atoms with Crippen LogP contribution in [0, 0.1) is 11.3 Å². The van der Waals surface area contributed by atoms with E-state index in [0.717, 1.165) is 31.3 Å². The Labute approximate surface area is 272 Å². The highest BCUT2D eigenvalue weighted by Gasteiger charge is 2.46. The summed E-state index contributed by atoms with van der Waals surface area (Å²) in [5.41, 5.74) is 5.52. The summed E-state index contributed by atoms with van der Waals surface area (Å²) in [6.45, 7) is 31.5. The molecular weight excluding hydrogens is 579 g/mol. The highest BCUT2D eigenvalue weighted by molar-refractivity contribution is 6.74. The molecule has 0 saturated heterocycles. The number of nitrogens with zero attached hydrogens (tertiary/aromatic N) is 1. The van der Waals surface area contributed by atoms with Gasteiger partial charge in [0.25, 0.3) is 0 Å². The fraction of sp³-hybridized carbons (Fsp3) is 0.757. The third kappa shape index (κ3) is 8.55. The molecule has 0 aromatic heterocycles. The zero-order valence-corrected chi connectivity index (χ0v) is 32.6. The largest absolute Gasteiger partial charge is 0.413 e. The van der Waals surface area contributed by atoms with Crippen molar-refractivity contribution in [1.29, 1.82) is 0 Å². The first kappa shape index (κ1) is 37.2. The van der Waals surface area contributed by atoms with Gasteiger partial charge in [0, 0.05) is 20.5 Å². The quantitative estimate of drug-likeness (QED) is 0.135. The molecule has 0 bridgehead atoms. The lowest BCUT2D eigenvalue weighted by molar-refractivity contribution is -0.129. The van der Waals surface area contributed by atoms with Crippen molar-refractivity contribution in [2.24, 2.45) is 11.3 Å². The molecule has 0 N–H and O–H groups in total. The van der Waals surface area contributed by atoms with Crippen LogP contribution in [0.5, 0.6) is 0 Å². The van der Waals surface area contributed by atoms with Crippen LogP contribution in [-0.4, -0.2) is 67.0 Å². The number of fused-ring (bicyclic) bond motifs is 1. The lowest BCUT2D eigenvalue weighted by atomic mass is 9.64. The van der Waals surface area contributed by atoms with Crippen LogP contribution in [0.15, 0.2) is 47.1 Å². The molecule has 4 atom stereocenters. The minimum absolute atomic E-state index is 0.00282. The average Bonchev–Trinajstić information content (AvgIpc) is 3.22. The summed E-state index contributed by atoms with van der Waals surface area (Å²) < 4.78 is 20.1. The van der Waals surface area contributed by atoms with E-state index < -0.39 is 16.6 Å². The molecule has 44 heavy (non-hydrogen) atoms. The minimum atomic E-state index is -1.99. The van der Waals surface area contributed by atoms with Gasteiger partial charge in [0.15, 0.2) is 16.6 Å². The van der Waals surface area contributed by atoms with Crippen molar-refractivity contribution < 1.29 is 18.4 Å². The highest BCUT2D eigenvalue weighted by Crippen LogP contribution is 2.55. The molecule has 3 aliphatic carbocycles. The van der Waals surface area contributed by atoms with Crippen LogP contribution in [0.25, 0.3) is 0 Å². The predicted molar refractivity (Wildman–Crippen MR) is 191 cm³/mol. The van der Waals surface area contributed by atoms with E-state index in [1.807, 2.05) is 0 Å². The molecule has 0 heterocycles. The van der Waals surface area contributed by atoms with Crippen molar-refractivity contribution in [3.05, 3.63) is 47.1 Å². The summed E-state index contributed by atoms with van der Waals surface area (Å²) in [6, 6.07) is 0. The van der Waals surface area contributed by atoms with Crippen LogP contribution >= 0.6 is 0 Å². The van der Waals surface area contributed by atoms with Crippen molar-refractivity contribution in [2.45, 2.75) is 142 Å². The van der Waals surface area contributed by atoms with E-state index in [1.54, 1.807) is 24.6 Å². The normalized spacial score (nSPS) is 28.8. The Morgan fingerprint density at radius 2 is 1.66 bits per heavy atom. The van der Waals surface area contributed by atoms with Gasteiger partial charge in [-0.2, -0.15) is 0 Å². The van der Waals surface area contributed by atoms with Gasteiger partial charge in [-0.1, -0.05) is 78.8 Å². The van der Waals surface area contributed by atoms with E-state index in [-0.39, 0.29) is 33.6 Å². The molecule has 0 spiro atoms. The van der Waals surface area contributed by atoms with Crippen LogP contribution in [0.4, 0.5) is 0 Å². The maximum Gasteiger partial charge on any atom is 0.224 e. The Hall–Kier alpha value is -1.26. The van der Waals surface area contributed by atoms with E-state index in [4.69, 9.17) is 13.6 Å². The van der Waals surface area contributed by atoms with Gasteiger partial charge in [-0.3, -0.25) is 4.79 Å². The fourth-order valence-electron chi connectivity index (χ4n) is 6.46. The van der Waals surface area contributed by atoms with Gasteiger partial charge in [0.05, 0.1) is 31.8 Å². The maximum atomic E-state index is 12.0. The average molecular weight is 644 g/mol. The summed E-state index contributed by atoms with van der Waals surface area (Å²) in [5.74, 6) is 0.620. The van der Waals surface area contributed by atoms with Crippen LogP contribution in [0.2, 0.25) is 36.3 Å². The number of allylic oxidation sites excluding steroid dienone is 4. The summed E-state index contributed by atoms with van der Waals surface area (Å²) in [5, 5.41) is 0.298. The molecule has 0 radical (unpaired) electrons. The fourth-order valence-corrected chi connectivity index (χ4v) is 9.13. The predicted octanol–water partition coefficient (Wildman–Crippen LogP) is 9.60. The molecule has 3 rings (SSSR count). The first-order valence-corrected chi connectivity index (χ1v) is 22.8. The van der Waals surface area contributed by atoms with Gasteiger partial charge in [0.1, 0.15) is 0 Å². The van der Waals surface area contributed by atoms with E-state index in [9.17, 15) is 4.79 Å². The summed E-state index contributed by atoms with van der Waals surface area (Å²) in [4.78, 5) is 13.6. The Bertz CT molecular complexity index is 1150. The lowest BCUT2D eigenvalue weighted by Gasteiger charge is -2.45.